The number of nitrogens with zero attached hydrogens (tertiary/aromatic N) is 5. The molecule has 0 unspecified atom stereocenters. The molecular formula is C23H31N7O4S2. The van der Waals surface area contributed by atoms with Crippen LogP contribution >= 0.6 is 11.8 Å². The number of thioether (sulfide) groups is 1. The van der Waals surface area contributed by atoms with Gasteiger partial charge in [-0.05, 0) is 36.4 Å². The third-order valence-electron chi connectivity index (χ3n) is 5.63. The van der Waals surface area contributed by atoms with Gasteiger partial charge in [0.1, 0.15) is 5.82 Å². The number of nitrogens with one attached hydrogen (secondary N) is 2. The molecule has 1 aliphatic rings. The maximum absolute atomic E-state index is 12.8. The molecule has 0 aliphatic carbocycles. The SMILES string of the molecule is CCCNc1nc(SCC)nc2c1cnn2CCNC(=O)c1ccc(S(=O)(=O)N2CCOCC2)cc1. The third-order valence-corrected chi connectivity index (χ3v) is 8.27. The second-order valence-corrected chi connectivity index (χ2v) is 11.3. The van der Waals surface area contributed by atoms with E-state index in [0.717, 1.165) is 29.9 Å². The molecule has 0 saturated carbocycles. The number of carbonyl (C=O) groups is 1. The van der Waals surface area contributed by atoms with Gasteiger partial charge in [0.2, 0.25) is 10.0 Å². The zero-order chi connectivity index (χ0) is 25.5. The van der Waals surface area contributed by atoms with E-state index >= 15 is 0 Å². The number of sulfonamides is 1. The Balaban J connectivity index is 1.40. The molecular weight excluding hydrogens is 502 g/mol. The van der Waals surface area contributed by atoms with Gasteiger partial charge in [0.15, 0.2) is 10.8 Å². The van der Waals surface area contributed by atoms with Crippen LogP contribution in [-0.4, -0.2) is 83.5 Å². The fourth-order valence-corrected chi connectivity index (χ4v) is 5.74. The van der Waals surface area contributed by atoms with E-state index in [-0.39, 0.29) is 10.8 Å². The van der Waals surface area contributed by atoms with E-state index in [4.69, 9.17) is 4.74 Å². The lowest BCUT2D eigenvalue weighted by molar-refractivity contribution is 0.0730. The summed E-state index contributed by atoms with van der Waals surface area (Å²) in [6, 6.07) is 5.99. The molecule has 1 fully saturated rings. The van der Waals surface area contributed by atoms with E-state index in [9.17, 15) is 13.2 Å². The predicted molar refractivity (Wildman–Crippen MR) is 139 cm³/mol. The van der Waals surface area contributed by atoms with Gasteiger partial charge in [0, 0.05) is 31.7 Å². The number of anilines is 1. The number of aromatic nitrogens is 4. The quantitative estimate of drug-likeness (QED) is 0.281. The Kier molecular flexibility index (Phi) is 8.77. The van der Waals surface area contributed by atoms with Gasteiger partial charge < -0.3 is 15.4 Å². The van der Waals surface area contributed by atoms with Crippen molar-refractivity contribution in [1.29, 1.82) is 0 Å². The van der Waals surface area contributed by atoms with Crippen molar-refractivity contribution < 1.29 is 17.9 Å². The first-order valence-electron chi connectivity index (χ1n) is 12.0. The highest BCUT2D eigenvalue weighted by Crippen LogP contribution is 2.24. The van der Waals surface area contributed by atoms with Gasteiger partial charge in [-0.2, -0.15) is 9.40 Å². The lowest BCUT2D eigenvalue weighted by Crippen LogP contribution is -2.40. The number of benzene rings is 1. The van der Waals surface area contributed by atoms with E-state index in [1.165, 1.54) is 28.6 Å². The Morgan fingerprint density at radius 3 is 2.56 bits per heavy atom. The van der Waals surface area contributed by atoms with Gasteiger partial charge in [0.05, 0.1) is 36.2 Å². The van der Waals surface area contributed by atoms with Gasteiger partial charge in [-0.1, -0.05) is 25.6 Å². The topological polar surface area (TPSA) is 131 Å². The van der Waals surface area contributed by atoms with Crippen molar-refractivity contribution in [3.63, 3.8) is 0 Å². The maximum atomic E-state index is 12.8. The van der Waals surface area contributed by atoms with Crippen molar-refractivity contribution in [1.82, 2.24) is 29.4 Å². The molecule has 36 heavy (non-hydrogen) atoms. The molecule has 194 valence electrons. The lowest BCUT2D eigenvalue weighted by Gasteiger charge is -2.26. The lowest BCUT2D eigenvalue weighted by atomic mass is 10.2. The van der Waals surface area contributed by atoms with E-state index in [1.54, 1.807) is 22.6 Å². The fraction of sp³-hybridized carbons (Fsp3) is 0.478. The summed E-state index contributed by atoms with van der Waals surface area (Å²) in [6.07, 6.45) is 2.71. The Morgan fingerprint density at radius 2 is 1.86 bits per heavy atom. The maximum Gasteiger partial charge on any atom is 0.251 e. The standard InChI is InChI=1S/C23H31N7O4S2/c1-3-9-24-20-19-16-26-30(21(19)28-23(27-20)35-4-2)11-10-25-22(31)17-5-7-18(8-6-17)36(32,33)29-12-14-34-15-13-29/h5-8,16H,3-4,9-15H2,1-2H3,(H,25,31)(H,24,27,28). The van der Waals surface area contributed by atoms with Crippen molar-refractivity contribution in [2.45, 2.75) is 36.9 Å². The molecule has 4 rings (SSSR count). The highest BCUT2D eigenvalue weighted by atomic mass is 32.2. The molecule has 3 aromatic rings. The first kappa shape index (κ1) is 26.3. The van der Waals surface area contributed by atoms with Crippen LogP contribution in [0.25, 0.3) is 11.0 Å². The van der Waals surface area contributed by atoms with Crippen LogP contribution in [0.1, 0.15) is 30.6 Å². The van der Waals surface area contributed by atoms with Gasteiger partial charge in [-0.25, -0.2) is 23.1 Å². The van der Waals surface area contributed by atoms with Gasteiger partial charge in [-0.3, -0.25) is 4.79 Å². The summed E-state index contributed by atoms with van der Waals surface area (Å²) >= 11 is 1.56. The molecule has 1 amide bonds. The number of rotatable bonds is 11. The predicted octanol–water partition coefficient (Wildman–Crippen LogP) is 2.21. The molecule has 1 saturated heterocycles. The highest BCUT2D eigenvalue weighted by molar-refractivity contribution is 7.99. The molecule has 0 spiro atoms. The Morgan fingerprint density at radius 1 is 1.11 bits per heavy atom. The summed E-state index contributed by atoms with van der Waals surface area (Å²) in [6.45, 7) is 7.12. The Hall–Kier alpha value is -2.74. The normalized spacial score (nSPS) is 14.7. The van der Waals surface area contributed by atoms with Crippen LogP contribution < -0.4 is 10.6 Å². The van der Waals surface area contributed by atoms with Crippen molar-refractivity contribution in [3.05, 3.63) is 36.0 Å². The van der Waals surface area contributed by atoms with Crippen LogP contribution in [0.5, 0.6) is 0 Å². The molecule has 13 heteroatoms. The number of hydrogen-bond acceptors (Lipinski definition) is 9. The van der Waals surface area contributed by atoms with Crippen molar-refractivity contribution >= 4 is 44.5 Å². The molecule has 3 heterocycles. The summed E-state index contributed by atoms with van der Waals surface area (Å²) in [5.74, 6) is 1.33. The van der Waals surface area contributed by atoms with Gasteiger partial charge in [-0.15, -0.1) is 0 Å². The minimum absolute atomic E-state index is 0.164. The smallest absolute Gasteiger partial charge is 0.251 e. The summed E-state index contributed by atoms with van der Waals surface area (Å²) in [5, 5.41) is 12.2. The van der Waals surface area contributed by atoms with Crippen LogP contribution in [0.2, 0.25) is 0 Å². The molecule has 1 aromatic carbocycles. The third kappa shape index (κ3) is 5.97. The van der Waals surface area contributed by atoms with Crippen molar-refractivity contribution in [3.8, 4) is 0 Å². The second kappa shape index (κ2) is 12.0. The number of morpholine rings is 1. The number of amides is 1. The van der Waals surface area contributed by atoms with Crippen molar-refractivity contribution in [2.75, 3.05) is 50.5 Å². The average molecular weight is 534 g/mol. The first-order chi connectivity index (χ1) is 17.4. The Bertz CT molecular complexity index is 1290. The monoisotopic (exact) mass is 533 g/mol. The zero-order valence-electron chi connectivity index (χ0n) is 20.4. The van der Waals surface area contributed by atoms with Crippen LogP contribution in [-0.2, 0) is 21.3 Å². The second-order valence-electron chi connectivity index (χ2n) is 8.12. The molecule has 1 aliphatic heterocycles. The van der Waals surface area contributed by atoms with Gasteiger partial charge in [0.25, 0.3) is 5.91 Å². The van der Waals surface area contributed by atoms with Crippen LogP contribution in [0.4, 0.5) is 5.82 Å². The van der Waals surface area contributed by atoms with Crippen LogP contribution in [0.15, 0.2) is 40.5 Å². The zero-order valence-corrected chi connectivity index (χ0v) is 22.1. The first-order valence-corrected chi connectivity index (χ1v) is 14.4. The van der Waals surface area contributed by atoms with Gasteiger partial charge >= 0.3 is 0 Å². The largest absolute Gasteiger partial charge is 0.379 e. The molecule has 0 radical (unpaired) electrons. The van der Waals surface area contributed by atoms with E-state index < -0.39 is 10.0 Å². The number of ether oxygens (including phenoxy) is 1. The summed E-state index contributed by atoms with van der Waals surface area (Å²) in [7, 11) is -3.60. The number of fused-ring (bicyclic) bond motifs is 1. The molecule has 11 nitrogen and oxygen atoms in total. The van der Waals surface area contributed by atoms with Crippen LogP contribution in [0, 0.1) is 0 Å². The van der Waals surface area contributed by atoms with E-state index in [1.807, 2.05) is 0 Å². The summed E-state index contributed by atoms with van der Waals surface area (Å²) in [4.78, 5) is 22.1. The number of carbonyl (C=O) groups excluding carboxylic acids is 1. The number of hydrogen-bond donors (Lipinski definition) is 2. The van der Waals surface area contributed by atoms with Crippen molar-refractivity contribution in [2.24, 2.45) is 0 Å². The van der Waals surface area contributed by atoms with Crippen LogP contribution in [0.3, 0.4) is 0 Å². The summed E-state index contributed by atoms with van der Waals surface area (Å²) in [5.41, 5.74) is 1.10. The van der Waals surface area contributed by atoms with E-state index in [0.29, 0.717) is 55.8 Å². The molecule has 0 atom stereocenters. The molecule has 0 bridgehead atoms. The molecule has 2 aromatic heterocycles. The summed E-state index contributed by atoms with van der Waals surface area (Å²) < 4.78 is 33.9. The highest BCUT2D eigenvalue weighted by Gasteiger charge is 2.26. The van der Waals surface area contributed by atoms with E-state index in [2.05, 4.69) is 39.5 Å². The minimum atomic E-state index is -3.60. The average Bonchev–Trinajstić information content (AvgIpc) is 3.31. The minimum Gasteiger partial charge on any atom is -0.379 e. The molecule has 2 N–H and O–H groups in total. The Labute approximate surface area is 215 Å². The fourth-order valence-electron chi connectivity index (χ4n) is 3.76.